The molecule has 0 radical (unpaired) electrons. The fourth-order valence-corrected chi connectivity index (χ4v) is 3.43. The van der Waals surface area contributed by atoms with E-state index < -0.39 is 0 Å². The molecule has 0 saturated heterocycles. The highest BCUT2D eigenvalue weighted by Crippen LogP contribution is 2.22. The summed E-state index contributed by atoms with van der Waals surface area (Å²) in [6, 6.07) is 0.409. The Morgan fingerprint density at radius 2 is 2.00 bits per heavy atom. The second-order valence-corrected chi connectivity index (χ2v) is 5.89. The molecule has 1 heterocycles. The third kappa shape index (κ3) is 2.67. The van der Waals surface area contributed by atoms with Crippen molar-refractivity contribution in [2.24, 2.45) is 0 Å². The number of hydrogen-bond donors (Lipinski definition) is 1. The number of aromatic nitrogens is 2. The maximum Gasteiger partial charge on any atom is 0.240 e. The van der Waals surface area contributed by atoms with Crippen molar-refractivity contribution in [2.75, 3.05) is 0 Å². The van der Waals surface area contributed by atoms with Gasteiger partial charge in [-0.2, -0.15) is 0 Å². The SMILES string of the molecule is Cc1nc2c(n1CC(=O)NC1CCCC1)CCCC2. The minimum Gasteiger partial charge on any atom is -0.352 e. The Kier molecular flexibility index (Phi) is 3.58. The van der Waals surface area contributed by atoms with Crippen LogP contribution in [0.4, 0.5) is 0 Å². The van der Waals surface area contributed by atoms with Gasteiger partial charge >= 0.3 is 0 Å². The molecule has 0 atom stereocenters. The number of rotatable bonds is 3. The molecule has 0 bridgehead atoms. The molecule has 0 unspecified atom stereocenters. The van der Waals surface area contributed by atoms with E-state index in [0.29, 0.717) is 12.6 Å². The minimum atomic E-state index is 0.153. The minimum absolute atomic E-state index is 0.153. The lowest BCUT2D eigenvalue weighted by molar-refractivity contribution is -0.122. The highest BCUT2D eigenvalue weighted by atomic mass is 16.2. The molecule has 104 valence electrons. The van der Waals surface area contributed by atoms with Crippen LogP contribution in [0.15, 0.2) is 0 Å². The highest BCUT2D eigenvalue weighted by Gasteiger charge is 2.21. The van der Waals surface area contributed by atoms with Gasteiger partial charge in [0.1, 0.15) is 12.4 Å². The lowest BCUT2D eigenvalue weighted by atomic mass is 10.0. The molecule has 1 aromatic rings. The van der Waals surface area contributed by atoms with Crippen molar-refractivity contribution >= 4 is 5.91 Å². The quantitative estimate of drug-likeness (QED) is 0.906. The van der Waals surface area contributed by atoms with Crippen LogP contribution in [0.2, 0.25) is 0 Å². The molecule has 4 nitrogen and oxygen atoms in total. The number of nitrogens with one attached hydrogen (secondary N) is 1. The molecule has 1 fully saturated rings. The topological polar surface area (TPSA) is 46.9 Å². The van der Waals surface area contributed by atoms with Gasteiger partial charge in [0.2, 0.25) is 5.91 Å². The monoisotopic (exact) mass is 261 g/mol. The fourth-order valence-electron chi connectivity index (χ4n) is 3.43. The summed E-state index contributed by atoms with van der Waals surface area (Å²) in [7, 11) is 0. The van der Waals surface area contributed by atoms with E-state index in [1.54, 1.807) is 0 Å². The standard InChI is InChI=1S/C15H23N3O/c1-11-16-13-8-4-5-9-14(13)18(11)10-15(19)17-12-6-2-3-7-12/h12H,2-10H2,1H3,(H,17,19). The van der Waals surface area contributed by atoms with Gasteiger partial charge in [-0.15, -0.1) is 0 Å². The van der Waals surface area contributed by atoms with E-state index in [2.05, 4.69) is 14.9 Å². The van der Waals surface area contributed by atoms with Gasteiger partial charge in [0, 0.05) is 11.7 Å². The first-order valence-electron chi connectivity index (χ1n) is 7.58. The van der Waals surface area contributed by atoms with Gasteiger partial charge in [0.15, 0.2) is 0 Å². The molecule has 3 rings (SSSR count). The number of aryl methyl sites for hydroxylation is 2. The van der Waals surface area contributed by atoms with E-state index in [1.807, 2.05) is 6.92 Å². The number of hydrogen-bond acceptors (Lipinski definition) is 2. The molecule has 2 aliphatic carbocycles. The van der Waals surface area contributed by atoms with Crippen molar-refractivity contribution in [1.82, 2.24) is 14.9 Å². The Labute approximate surface area is 114 Å². The molecule has 0 aromatic carbocycles. The summed E-state index contributed by atoms with van der Waals surface area (Å²) >= 11 is 0. The summed E-state index contributed by atoms with van der Waals surface area (Å²) in [5.74, 6) is 1.15. The Hall–Kier alpha value is -1.32. The van der Waals surface area contributed by atoms with Gasteiger partial charge in [0.05, 0.1) is 5.69 Å². The van der Waals surface area contributed by atoms with Crippen molar-refractivity contribution in [3.05, 3.63) is 17.2 Å². The van der Waals surface area contributed by atoms with Crippen LogP contribution in [-0.2, 0) is 24.2 Å². The van der Waals surface area contributed by atoms with Crippen molar-refractivity contribution in [3.63, 3.8) is 0 Å². The van der Waals surface area contributed by atoms with Crippen LogP contribution >= 0.6 is 0 Å². The highest BCUT2D eigenvalue weighted by molar-refractivity contribution is 5.76. The van der Waals surface area contributed by atoms with Gasteiger partial charge < -0.3 is 9.88 Å². The predicted molar refractivity (Wildman–Crippen MR) is 74.0 cm³/mol. The number of imidazole rings is 1. The van der Waals surface area contributed by atoms with Crippen molar-refractivity contribution in [1.29, 1.82) is 0 Å². The molecule has 0 spiro atoms. The Balaban J connectivity index is 1.68. The largest absolute Gasteiger partial charge is 0.352 e. The summed E-state index contributed by atoms with van der Waals surface area (Å²) in [4.78, 5) is 16.8. The smallest absolute Gasteiger partial charge is 0.240 e. The Morgan fingerprint density at radius 3 is 2.79 bits per heavy atom. The van der Waals surface area contributed by atoms with E-state index in [0.717, 1.165) is 31.5 Å². The van der Waals surface area contributed by atoms with Crippen molar-refractivity contribution in [3.8, 4) is 0 Å². The first kappa shape index (κ1) is 12.7. The lowest BCUT2D eigenvalue weighted by Crippen LogP contribution is -2.35. The molecule has 1 aromatic heterocycles. The van der Waals surface area contributed by atoms with Gasteiger partial charge in [-0.1, -0.05) is 12.8 Å². The Morgan fingerprint density at radius 1 is 1.26 bits per heavy atom. The molecule has 1 saturated carbocycles. The van der Waals surface area contributed by atoms with Crippen LogP contribution in [0.5, 0.6) is 0 Å². The fraction of sp³-hybridized carbons (Fsp3) is 0.733. The summed E-state index contributed by atoms with van der Waals surface area (Å²) in [6.45, 7) is 2.46. The molecule has 19 heavy (non-hydrogen) atoms. The lowest BCUT2D eigenvalue weighted by Gasteiger charge is -2.16. The van der Waals surface area contributed by atoms with Gasteiger partial charge in [-0.05, 0) is 45.4 Å². The number of carbonyl (C=O) groups excluding carboxylic acids is 1. The maximum atomic E-state index is 12.1. The molecular weight excluding hydrogens is 238 g/mol. The van der Waals surface area contributed by atoms with Crippen molar-refractivity contribution < 1.29 is 4.79 Å². The van der Waals surface area contributed by atoms with Crippen LogP contribution in [-0.4, -0.2) is 21.5 Å². The average molecular weight is 261 g/mol. The zero-order chi connectivity index (χ0) is 13.2. The molecule has 1 amide bonds. The van der Waals surface area contributed by atoms with Crippen LogP contribution < -0.4 is 5.32 Å². The number of fused-ring (bicyclic) bond motifs is 1. The van der Waals surface area contributed by atoms with Crippen molar-refractivity contribution in [2.45, 2.75) is 70.9 Å². The molecule has 0 aliphatic heterocycles. The normalized spacial score (nSPS) is 19.4. The maximum absolute atomic E-state index is 12.1. The molecule has 1 N–H and O–H groups in total. The summed E-state index contributed by atoms with van der Waals surface area (Å²) in [5.41, 5.74) is 2.52. The van der Waals surface area contributed by atoms with Crippen LogP contribution in [0.25, 0.3) is 0 Å². The third-order valence-corrected chi connectivity index (χ3v) is 4.45. The van der Waals surface area contributed by atoms with Gasteiger partial charge in [-0.3, -0.25) is 4.79 Å². The van der Waals surface area contributed by atoms with Crippen LogP contribution in [0.1, 0.15) is 55.7 Å². The predicted octanol–water partition coefficient (Wildman–Crippen LogP) is 2.13. The summed E-state index contributed by atoms with van der Waals surface area (Å²) in [5, 5.41) is 3.16. The first-order chi connectivity index (χ1) is 9.24. The van der Waals surface area contributed by atoms with E-state index in [1.165, 1.54) is 37.1 Å². The second kappa shape index (κ2) is 5.35. The summed E-state index contributed by atoms with van der Waals surface area (Å²) < 4.78 is 2.12. The number of carbonyl (C=O) groups is 1. The van der Waals surface area contributed by atoms with Crippen LogP contribution in [0.3, 0.4) is 0 Å². The number of nitrogens with zero attached hydrogens (tertiary/aromatic N) is 2. The Bertz CT molecular complexity index is 472. The van der Waals surface area contributed by atoms with Gasteiger partial charge in [0.25, 0.3) is 0 Å². The summed E-state index contributed by atoms with van der Waals surface area (Å²) in [6.07, 6.45) is 9.41. The first-order valence-corrected chi connectivity index (χ1v) is 7.58. The zero-order valence-corrected chi connectivity index (χ0v) is 11.7. The van der Waals surface area contributed by atoms with E-state index in [9.17, 15) is 4.79 Å². The van der Waals surface area contributed by atoms with Gasteiger partial charge in [-0.25, -0.2) is 4.98 Å². The zero-order valence-electron chi connectivity index (χ0n) is 11.7. The van der Waals surface area contributed by atoms with Crippen LogP contribution in [0, 0.1) is 6.92 Å². The molecule has 4 heteroatoms. The third-order valence-electron chi connectivity index (χ3n) is 4.45. The molecule has 2 aliphatic rings. The van der Waals surface area contributed by atoms with E-state index in [-0.39, 0.29) is 5.91 Å². The van der Waals surface area contributed by atoms with E-state index in [4.69, 9.17) is 0 Å². The second-order valence-electron chi connectivity index (χ2n) is 5.89. The molecular formula is C15H23N3O. The van der Waals surface area contributed by atoms with E-state index >= 15 is 0 Å². The average Bonchev–Trinajstić information content (AvgIpc) is 2.99. The number of amides is 1.